The van der Waals surface area contributed by atoms with Crippen LogP contribution in [0.25, 0.3) is 4.85 Å². The van der Waals surface area contributed by atoms with Gasteiger partial charge in [-0.25, -0.2) is 4.85 Å². The van der Waals surface area contributed by atoms with E-state index in [1.807, 2.05) is 6.92 Å². The van der Waals surface area contributed by atoms with Gasteiger partial charge >= 0.3 is 5.97 Å². The van der Waals surface area contributed by atoms with Gasteiger partial charge in [0.05, 0.1) is 12.0 Å². The number of carboxylic acids is 1. The predicted octanol–water partition coefficient (Wildman–Crippen LogP) is 7.46. The van der Waals surface area contributed by atoms with E-state index in [1.165, 1.54) is 5.57 Å². The van der Waals surface area contributed by atoms with E-state index < -0.39 is 16.8 Å². The van der Waals surface area contributed by atoms with Crippen LogP contribution in [-0.2, 0) is 9.59 Å². The minimum absolute atomic E-state index is 0.0291. The molecule has 3 saturated carbocycles. The van der Waals surface area contributed by atoms with Crippen LogP contribution < -0.4 is 0 Å². The summed E-state index contributed by atoms with van der Waals surface area (Å²) in [5.74, 6) is 0.443. The third kappa shape index (κ3) is 2.96. The van der Waals surface area contributed by atoms with Gasteiger partial charge in [-0.3, -0.25) is 4.79 Å². The second-order valence-corrected chi connectivity index (χ2v) is 14.5. The maximum atomic E-state index is 13.3. The first-order valence-electron chi connectivity index (χ1n) is 13.7. The molecule has 3 fully saturated rings. The molecule has 0 bridgehead atoms. The summed E-state index contributed by atoms with van der Waals surface area (Å²) in [7, 11) is 0. The molecule has 0 radical (unpaired) electrons. The Morgan fingerprint density at radius 2 is 1.69 bits per heavy atom. The van der Waals surface area contributed by atoms with Gasteiger partial charge in [-0.2, -0.15) is 0 Å². The number of rotatable bonds is 1. The Labute approximate surface area is 211 Å². The first-order chi connectivity index (χ1) is 16.2. The molecule has 190 valence electrons. The number of aliphatic carboxylic acids is 1. The molecule has 7 atom stereocenters. The molecule has 0 aromatic rings. The number of allylic oxidation sites excluding steroid dienone is 4. The van der Waals surface area contributed by atoms with Gasteiger partial charge in [-0.1, -0.05) is 65.7 Å². The number of carboxylic acid groups (broad SMARTS) is 1. The van der Waals surface area contributed by atoms with E-state index in [-0.39, 0.29) is 39.8 Å². The van der Waals surface area contributed by atoms with Crippen LogP contribution in [0.1, 0.15) is 99.8 Å². The highest BCUT2D eigenvalue weighted by Gasteiger charge is 2.67. The van der Waals surface area contributed by atoms with Crippen LogP contribution >= 0.6 is 0 Å². The molecule has 5 aliphatic rings. The molecule has 4 heteroatoms. The van der Waals surface area contributed by atoms with Crippen molar-refractivity contribution in [2.75, 3.05) is 0 Å². The Kier molecular flexibility index (Phi) is 5.19. The van der Waals surface area contributed by atoms with Gasteiger partial charge in [-0.05, 0) is 91.3 Å². The smallest absolute Gasteiger partial charge is 0.310 e. The molecule has 1 N–H and O–H groups in total. The Hall–Kier alpha value is -1.89. The van der Waals surface area contributed by atoms with Gasteiger partial charge in [0.25, 0.3) is 0 Å². The van der Waals surface area contributed by atoms with E-state index in [2.05, 4.69) is 52.5 Å². The van der Waals surface area contributed by atoms with Gasteiger partial charge < -0.3 is 9.90 Å². The van der Waals surface area contributed by atoms with Crippen LogP contribution in [0.3, 0.4) is 0 Å². The van der Waals surface area contributed by atoms with Crippen molar-refractivity contribution < 1.29 is 14.7 Å². The molecule has 5 rings (SSSR count). The van der Waals surface area contributed by atoms with E-state index in [9.17, 15) is 14.7 Å². The second-order valence-electron chi connectivity index (χ2n) is 14.5. The second kappa shape index (κ2) is 7.33. The maximum Gasteiger partial charge on any atom is 0.310 e. The monoisotopic (exact) mass is 477 g/mol. The Balaban J connectivity index is 1.64. The van der Waals surface area contributed by atoms with Crippen molar-refractivity contribution >= 4 is 11.8 Å². The molecular weight excluding hydrogens is 434 g/mol. The summed E-state index contributed by atoms with van der Waals surface area (Å²) < 4.78 is 0. The molecule has 5 aliphatic carbocycles. The van der Waals surface area contributed by atoms with Crippen LogP contribution in [0.4, 0.5) is 0 Å². The Bertz CT molecular complexity index is 1100. The summed E-state index contributed by atoms with van der Waals surface area (Å²) in [5.41, 5.74) is 1.85. The van der Waals surface area contributed by atoms with Crippen molar-refractivity contribution in [3.05, 3.63) is 34.3 Å². The van der Waals surface area contributed by atoms with Crippen LogP contribution in [0.2, 0.25) is 0 Å². The zero-order valence-corrected chi connectivity index (χ0v) is 22.8. The van der Waals surface area contributed by atoms with E-state index in [0.29, 0.717) is 11.6 Å². The summed E-state index contributed by atoms with van der Waals surface area (Å²) >= 11 is 0. The van der Waals surface area contributed by atoms with Crippen molar-refractivity contribution in [2.24, 2.45) is 50.7 Å². The number of ketones is 1. The van der Waals surface area contributed by atoms with Crippen molar-refractivity contribution in [3.63, 3.8) is 0 Å². The zero-order valence-electron chi connectivity index (χ0n) is 22.8. The van der Waals surface area contributed by atoms with Crippen molar-refractivity contribution in [1.29, 1.82) is 0 Å². The molecule has 0 spiro atoms. The molecule has 0 aromatic heterocycles. The molecule has 0 aromatic carbocycles. The molecule has 0 aliphatic heterocycles. The molecular formula is C31H43NO3. The van der Waals surface area contributed by atoms with E-state index in [4.69, 9.17) is 6.57 Å². The zero-order chi connectivity index (χ0) is 25.8. The largest absolute Gasteiger partial charge is 0.481 e. The quantitative estimate of drug-likeness (QED) is 0.315. The average molecular weight is 478 g/mol. The normalized spacial score (nSPS) is 45.8. The number of nitrogens with zero attached hydrogens (tertiary/aromatic N) is 1. The standard InChI is InChI=1S/C31H43NO3/c1-18-23-20(28(4,5)25(33)24(18)32-8)11-12-29(6)21(23)10-9-19-22-17-27(2,3)13-15-31(22,26(34)35)16-14-30(19,29)7/h9,20-23H,10-17H2,1-7H3,(H,34,35)/t20-,21-,22?,23?,29-,30-,31+/m1/s1. The van der Waals surface area contributed by atoms with Crippen molar-refractivity contribution in [3.8, 4) is 0 Å². The number of carbonyl (C=O) groups excluding carboxylic acids is 1. The number of fused-ring (bicyclic) bond motifs is 7. The minimum atomic E-state index is -0.617. The van der Waals surface area contributed by atoms with Crippen molar-refractivity contribution in [1.82, 2.24) is 0 Å². The first-order valence-corrected chi connectivity index (χ1v) is 13.7. The number of hydrogen-bond donors (Lipinski definition) is 1. The highest BCUT2D eigenvalue weighted by atomic mass is 16.4. The highest BCUT2D eigenvalue weighted by molar-refractivity contribution is 6.03. The fourth-order valence-corrected chi connectivity index (χ4v) is 9.85. The lowest BCUT2D eigenvalue weighted by molar-refractivity contribution is -0.168. The maximum absolute atomic E-state index is 13.3. The lowest BCUT2D eigenvalue weighted by Gasteiger charge is -2.68. The molecule has 0 heterocycles. The molecule has 2 unspecified atom stereocenters. The van der Waals surface area contributed by atoms with Gasteiger partial charge in [0.2, 0.25) is 5.70 Å². The Morgan fingerprint density at radius 1 is 1.03 bits per heavy atom. The van der Waals surface area contributed by atoms with Gasteiger partial charge in [0.15, 0.2) is 5.78 Å². The lowest BCUT2D eigenvalue weighted by atomic mass is 9.36. The van der Waals surface area contributed by atoms with Crippen LogP contribution in [-0.4, -0.2) is 16.9 Å². The fraction of sp³-hybridized carbons (Fsp3) is 0.774. The molecule has 35 heavy (non-hydrogen) atoms. The summed E-state index contributed by atoms with van der Waals surface area (Å²) in [6, 6.07) is 0. The lowest BCUT2D eigenvalue weighted by Crippen LogP contribution is -2.62. The van der Waals surface area contributed by atoms with Gasteiger partial charge in [0.1, 0.15) is 0 Å². The number of hydrogen-bond acceptors (Lipinski definition) is 2. The van der Waals surface area contributed by atoms with Crippen LogP contribution in [0, 0.1) is 57.3 Å². The average Bonchev–Trinajstić information content (AvgIpc) is 2.77. The summed E-state index contributed by atoms with van der Waals surface area (Å²) in [4.78, 5) is 29.8. The molecule has 0 saturated heterocycles. The third-order valence-electron chi connectivity index (χ3n) is 12.4. The first kappa shape index (κ1) is 24.8. The van der Waals surface area contributed by atoms with E-state index in [0.717, 1.165) is 56.9 Å². The van der Waals surface area contributed by atoms with Crippen molar-refractivity contribution in [2.45, 2.75) is 99.8 Å². The van der Waals surface area contributed by atoms with Gasteiger partial charge in [-0.15, -0.1) is 0 Å². The number of Topliss-reactive ketones (excluding diaryl/α,β-unsaturated/α-hetero) is 1. The van der Waals surface area contributed by atoms with Crippen LogP contribution in [0.5, 0.6) is 0 Å². The predicted molar refractivity (Wildman–Crippen MR) is 137 cm³/mol. The molecule has 4 nitrogen and oxygen atoms in total. The Morgan fingerprint density at radius 3 is 2.31 bits per heavy atom. The minimum Gasteiger partial charge on any atom is -0.481 e. The number of carbonyl (C=O) groups is 2. The summed E-state index contributed by atoms with van der Waals surface area (Å²) in [6.45, 7) is 23.5. The fourth-order valence-electron chi connectivity index (χ4n) is 9.85. The SMILES string of the molecule is [C-]#[N+]C1=C(C)C2[C@@H](CC[C@]3(C)[C@@H]2CC=C2C4CC(C)(C)CC[C@]4(C(=O)O)CC[C@]23C)C(C)(C)C1=O. The van der Waals surface area contributed by atoms with E-state index >= 15 is 0 Å². The highest BCUT2D eigenvalue weighted by Crippen LogP contribution is 2.73. The summed E-state index contributed by atoms with van der Waals surface area (Å²) in [5, 5.41) is 10.5. The van der Waals surface area contributed by atoms with E-state index in [1.54, 1.807) is 0 Å². The van der Waals surface area contributed by atoms with Gasteiger partial charge in [0, 0.05) is 5.41 Å². The van der Waals surface area contributed by atoms with Crippen LogP contribution in [0.15, 0.2) is 22.9 Å². The summed E-state index contributed by atoms with van der Waals surface area (Å²) in [6.07, 6.45) is 9.86. The topological polar surface area (TPSA) is 58.7 Å². The third-order valence-corrected chi connectivity index (χ3v) is 12.4. The molecule has 0 amide bonds.